The Morgan fingerprint density at radius 1 is 0.393 bits per heavy atom. The van der Waals surface area contributed by atoms with Crippen molar-refractivity contribution in [1.82, 2.24) is 15.0 Å². The first-order valence-corrected chi connectivity index (χ1v) is 19.5. The molecule has 11 rings (SSSR count). The van der Waals surface area contributed by atoms with E-state index < -0.39 is 0 Å². The molecule has 4 aromatic heterocycles. The third kappa shape index (κ3) is 5.48. The minimum atomic E-state index is 0.672. The molecule has 0 aliphatic rings. The van der Waals surface area contributed by atoms with E-state index in [0.717, 1.165) is 72.4 Å². The predicted octanol–water partition coefficient (Wildman–Crippen LogP) is 14.1. The zero-order chi connectivity index (χ0) is 37.0. The lowest BCUT2D eigenvalue weighted by Gasteiger charge is -2.12. The Balaban J connectivity index is 1.02. The lowest BCUT2D eigenvalue weighted by Crippen LogP contribution is -1.96. The molecule has 4 heterocycles. The summed E-state index contributed by atoms with van der Waals surface area (Å²) in [6.07, 6.45) is 1.82. The molecule has 0 bridgehead atoms. The van der Waals surface area contributed by atoms with Crippen LogP contribution in [0.15, 0.2) is 193 Å². The molecular weight excluding hydrogens is 703 g/mol. The van der Waals surface area contributed by atoms with Crippen LogP contribution in [-0.2, 0) is 0 Å². The van der Waals surface area contributed by atoms with Gasteiger partial charge in [0.1, 0.15) is 11.2 Å². The number of pyridine rings is 1. The molecule has 0 fully saturated rings. The molecule has 0 unspecified atom stereocenters. The van der Waals surface area contributed by atoms with Crippen molar-refractivity contribution >= 4 is 53.4 Å². The molecule has 262 valence electrons. The van der Waals surface area contributed by atoms with Gasteiger partial charge < -0.3 is 4.42 Å². The summed E-state index contributed by atoms with van der Waals surface area (Å²) in [5.41, 5.74) is 13.0. The third-order valence-corrected chi connectivity index (χ3v) is 11.7. The molecule has 0 saturated carbocycles. The van der Waals surface area contributed by atoms with Crippen LogP contribution in [0, 0.1) is 0 Å². The normalized spacial score (nSPS) is 11.6. The Morgan fingerprint density at radius 2 is 1.00 bits per heavy atom. The molecule has 7 aromatic carbocycles. The number of aromatic nitrogens is 3. The molecule has 0 amide bonds. The van der Waals surface area contributed by atoms with Gasteiger partial charge in [-0.15, -0.1) is 11.3 Å². The van der Waals surface area contributed by atoms with Crippen molar-refractivity contribution in [1.29, 1.82) is 0 Å². The molecule has 56 heavy (non-hydrogen) atoms. The van der Waals surface area contributed by atoms with E-state index in [2.05, 4.69) is 145 Å². The second-order valence-electron chi connectivity index (χ2n) is 13.9. The molecule has 0 aliphatic heterocycles. The van der Waals surface area contributed by atoms with Crippen molar-refractivity contribution in [2.75, 3.05) is 0 Å². The number of nitrogens with zero attached hydrogens (tertiary/aromatic N) is 3. The van der Waals surface area contributed by atoms with Gasteiger partial charge in [-0.25, -0.2) is 9.97 Å². The van der Waals surface area contributed by atoms with Gasteiger partial charge in [-0.05, 0) is 59.2 Å². The van der Waals surface area contributed by atoms with E-state index in [9.17, 15) is 0 Å². The average molecular weight is 734 g/mol. The second kappa shape index (κ2) is 13.3. The van der Waals surface area contributed by atoms with Crippen molar-refractivity contribution in [3.63, 3.8) is 0 Å². The minimum Gasteiger partial charge on any atom is -0.455 e. The molecule has 0 spiro atoms. The molecular formula is C51H31N3OS. The van der Waals surface area contributed by atoms with Crippen LogP contribution in [0.2, 0.25) is 0 Å². The highest BCUT2D eigenvalue weighted by molar-refractivity contribution is 7.25. The maximum absolute atomic E-state index is 6.74. The van der Waals surface area contributed by atoms with Crippen molar-refractivity contribution in [3.8, 4) is 67.4 Å². The highest BCUT2D eigenvalue weighted by Crippen LogP contribution is 2.46. The van der Waals surface area contributed by atoms with Crippen LogP contribution in [0.3, 0.4) is 0 Å². The standard InChI is InChI=1S/C51H31N3OS/c1-2-11-33(12-3-1)43-31-44(54-51(53-43)36-26-24-34(25-27-36)42-16-8-9-30-52-42)35-22-20-32(21-23-35)37-28-29-39(49-40-13-4-6-17-45(40)55-50(37)49)38-15-10-19-47-48(38)41-14-5-7-18-46(41)56-47/h1-31H. The number of benzene rings is 7. The molecule has 0 N–H and O–H groups in total. The average Bonchev–Trinajstić information content (AvgIpc) is 3.86. The number of thiophene rings is 1. The van der Waals surface area contributed by atoms with Gasteiger partial charge in [0, 0.05) is 65.0 Å². The number of rotatable bonds is 6. The number of hydrogen-bond donors (Lipinski definition) is 0. The van der Waals surface area contributed by atoms with Crippen molar-refractivity contribution in [2.45, 2.75) is 0 Å². The summed E-state index contributed by atoms with van der Waals surface area (Å²) in [5, 5.41) is 4.82. The largest absolute Gasteiger partial charge is 0.455 e. The quantitative estimate of drug-likeness (QED) is 0.171. The number of fused-ring (bicyclic) bond motifs is 6. The maximum atomic E-state index is 6.74. The first-order chi connectivity index (χ1) is 27.7. The van der Waals surface area contributed by atoms with E-state index in [0.29, 0.717) is 5.82 Å². The molecule has 0 radical (unpaired) electrons. The Hall–Kier alpha value is -7.21. The van der Waals surface area contributed by atoms with E-state index in [1.54, 1.807) is 0 Å². The maximum Gasteiger partial charge on any atom is 0.160 e. The fourth-order valence-corrected chi connectivity index (χ4v) is 9.04. The van der Waals surface area contributed by atoms with Gasteiger partial charge in [0.15, 0.2) is 5.82 Å². The Labute approximate surface area is 327 Å². The summed E-state index contributed by atoms with van der Waals surface area (Å²) in [7, 11) is 0. The zero-order valence-electron chi connectivity index (χ0n) is 30.1. The van der Waals surface area contributed by atoms with Gasteiger partial charge in [0.25, 0.3) is 0 Å². The van der Waals surface area contributed by atoms with E-state index >= 15 is 0 Å². The van der Waals surface area contributed by atoms with Gasteiger partial charge in [0.05, 0.1) is 17.1 Å². The number of para-hydroxylation sites is 1. The summed E-state index contributed by atoms with van der Waals surface area (Å²) in [5.74, 6) is 0.672. The van der Waals surface area contributed by atoms with Gasteiger partial charge in [-0.1, -0.05) is 140 Å². The Bertz CT molecular complexity index is 3220. The first-order valence-electron chi connectivity index (χ1n) is 18.7. The monoisotopic (exact) mass is 733 g/mol. The summed E-state index contributed by atoms with van der Waals surface area (Å²) in [6.45, 7) is 0. The van der Waals surface area contributed by atoms with Crippen LogP contribution < -0.4 is 0 Å². The number of furan rings is 1. The first kappa shape index (κ1) is 32.2. The Morgan fingerprint density at radius 3 is 1.79 bits per heavy atom. The van der Waals surface area contributed by atoms with Gasteiger partial charge >= 0.3 is 0 Å². The zero-order valence-corrected chi connectivity index (χ0v) is 30.9. The predicted molar refractivity (Wildman–Crippen MR) is 233 cm³/mol. The van der Waals surface area contributed by atoms with Crippen molar-refractivity contribution < 1.29 is 4.42 Å². The van der Waals surface area contributed by atoms with E-state index in [1.807, 2.05) is 60.0 Å². The van der Waals surface area contributed by atoms with E-state index in [4.69, 9.17) is 14.4 Å². The Kier molecular flexibility index (Phi) is 7.64. The summed E-state index contributed by atoms with van der Waals surface area (Å²) < 4.78 is 9.32. The van der Waals surface area contributed by atoms with Crippen LogP contribution in [0.25, 0.3) is 110 Å². The molecule has 0 saturated heterocycles. The molecule has 5 heteroatoms. The topological polar surface area (TPSA) is 51.8 Å². The molecule has 11 aromatic rings. The number of hydrogen-bond acceptors (Lipinski definition) is 5. The molecule has 0 atom stereocenters. The third-order valence-electron chi connectivity index (χ3n) is 10.6. The molecule has 0 aliphatic carbocycles. The van der Waals surface area contributed by atoms with Crippen LogP contribution >= 0.6 is 11.3 Å². The van der Waals surface area contributed by atoms with Gasteiger partial charge in [-0.2, -0.15) is 0 Å². The smallest absolute Gasteiger partial charge is 0.160 e. The van der Waals surface area contributed by atoms with Gasteiger partial charge in [0.2, 0.25) is 0 Å². The van der Waals surface area contributed by atoms with Gasteiger partial charge in [-0.3, -0.25) is 4.98 Å². The van der Waals surface area contributed by atoms with Crippen LogP contribution in [0.4, 0.5) is 0 Å². The fourth-order valence-electron chi connectivity index (χ4n) is 7.90. The summed E-state index contributed by atoms with van der Waals surface area (Å²) in [4.78, 5) is 14.7. The fraction of sp³-hybridized carbons (Fsp3) is 0. The SMILES string of the molecule is c1ccc(-c2cc(-c3ccc(-c4ccc(-c5cccc6sc7ccccc7c56)c5c4oc4ccccc45)cc3)nc(-c3ccc(-c4ccccn4)cc3)n2)cc1. The highest BCUT2D eigenvalue weighted by atomic mass is 32.1. The highest BCUT2D eigenvalue weighted by Gasteiger charge is 2.20. The van der Waals surface area contributed by atoms with Crippen molar-refractivity contribution in [2.24, 2.45) is 0 Å². The molecule has 4 nitrogen and oxygen atoms in total. The summed E-state index contributed by atoms with van der Waals surface area (Å²) >= 11 is 1.84. The lowest BCUT2D eigenvalue weighted by molar-refractivity contribution is 0.670. The lowest BCUT2D eigenvalue weighted by atomic mass is 9.92. The second-order valence-corrected chi connectivity index (χ2v) is 15.0. The van der Waals surface area contributed by atoms with Crippen LogP contribution in [-0.4, -0.2) is 15.0 Å². The van der Waals surface area contributed by atoms with Crippen LogP contribution in [0.1, 0.15) is 0 Å². The van der Waals surface area contributed by atoms with E-state index in [1.165, 1.54) is 31.3 Å². The van der Waals surface area contributed by atoms with E-state index in [-0.39, 0.29) is 0 Å². The van der Waals surface area contributed by atoms with Crippen molar-refractivity contribution in [3.05, 3.63) is 188 Å². The summed E-state index contributed by atoms with van der Waals surface area (Å²) in [6, 6.07) is 63.5. The minimum absolute atomic E-state index is 0.672. The van der Waals surface area contributed by atoms with Crippen LogP contribution in [0.5, 0.6) is 0 Å².